The second-order valence-electron chi connectivity index (χ2n) is 11.3. The lowest BCUT2D eigenvalue weighted by molar-refractivity contribution is 0.122. The van der Waals surface area contributed by atoms with Gasteiger partial charge in [0, 0.05) is 61.5 Å². The predicted octanol–water partition coefficient (Wildman–Crippen LogP) is 4.10. The van der Waals surface area contributed by atoms with Crippen LogP contribution in [-0.4, -0.2) is 95.1 Å². The predicted molar refractivity (Wildman–Crippen MR) is 171 cm³/mol. The number of rotatable bonds is 8. The number of hydrogen-bond donors (Lipinski definition) is 0. The maximum Gasteiger partial charge on any atom is 0.269 e. The average molecular weight is 629 g/mol. The molecule has 0 saturated carbocycles. The van der Waals surface area contributed by atoms with Gasteiger partial charge in [0.25, 0.3) is 10.0 Å². The molecule has 234 valence electrons. The van der Waals surface area contributed by atoms with Crippen molar-refractivity contribution in [1.82, 2.24) is 33.6 Å². The molecular formula is C32H36N8O4S. The van der Waals surface area contributed by atoms with Gasteiger partial charge in [0.2, 0.25) is 0 Å². The van der Waals surface area contributed by atoms with E-state index in [9.17, 15) is 8.42 Å². The van der Waals surface area contributed by atoms with Crippen LogP contribution in [0.15, 0.2) is 72.3 Å². The van der Waals surface area contributed by atoms with E-state index in [0.717, 1.165) is 56.9 Å². The van der Waals surface area contributed by atoms with Gasteiger partial charge in [-0.25, -0.2) is 27.3 Å². The number of nitrogens with zero attached hydrogens (tertiary/aromatic N) is 8. The fraction of sp³-hybridized carbons (Fsp3) is 0.375. The molecule has 12 nitrogen and oxygen atoms in total. The van der Waals surface area contributed by atoms with Crippen LogP contribution in [-0.2, 0) is 14.8 Å². The molecule has 2 fully saturated rings. The Bertz CT molecular complexity index is 1910. The van der Waals surface area contributed by atoms with Crippen LogP contribution < -0.4 is 9.64 Å². The molecule has 0 unspecified atom stereocenters. The fourth-order valence-corrected chi connectivity index (χ4v) is 7.45. The van der Waals surface area contributed by atoms with Crippen molar-refractivity contribution in [2.24, 2.45) is 0 Å². The normalized spacial score (nSPS) is 16.8. The molecule has 2 saturated heterocycles. The Morgan fingerprint density at radius 3 is 2.47 bits per heavy atom. The molecule has 45 heavy (non-hydrogen) atoms. The van der Waals surface area contributed by atoms with Crippen molar-refractivity contribution in [1.29, 1.82) is 0 Å². The second-order valence-corrected chi connectivity index (χ2v) is 13.1. The number of piperidine rings is 1. The summed E-state index contributed by atoms with van der Waals surface area (Å²) in [6, 6.07) is 10.5. The minimum Gasteiger partial charge on any atom is -0.493 e. The molecule has 6 heterocycles. The summed E-state index contributed by atoms with van der Waals surface area (Å²) in [7, 11) is -2.33. The van der Waals surface area contributed by atoms with E-state index in [1.54, 1.807) is 62.2 Å². The molecule has 0 N–H and O–H groups in total. The highest BCUT2D eigenvalue weighted by molar-refractivity contribution is 7.90. The summed E-state index contributed by atoms with van der Waals surface area (Å²) in [5, 5.41) is 4.71. The zero-order valence-corrected chi connectivity index (χ0v) is 26.2. The summed E-state index contributed by atoms with van der Waals surface area (Å²) in [5.74, 6) is 1.37. The van der Waals surface area contributed by atoms with Crippen LogP contribution in [0.3, 0.4) is 0 Å². The second kappa shape index (κ2) is 12.2. The third-order valence-corrected chi connectivity index (χ3v) is 10.4. The summed E-state index contributed by atoms with van der Waals surface area (Å²) >= 11 is 0. The van der Waals surface area contributed by atoms with Crippen LogP contribution >= 0.6 is 0 Å². The Morgan fingerprint density at radius 2 is 1.73 bits per heavy atom. The van der Waals surface area contributed by atoms with Crippen LogP contribution in [0, 0.1) is 0 Å². The van der Waals surface area contributed by atoms with Crippen molar-refractivity contribution in [2.75, 3.05) is 57.9 Å². The van der Waals surface area contributed by atoms with E-state index in [1.807, 2.05) is 16.9 Å². The first-order chi connectivity index (χ1) is 22.0. The Kier molecular flexibility index (Phi) is 7.98. The van der Waals surface area contributed by atoms with Gasteiger partial charge in [0.15, 0.2) is 17.2 Å². The van der Waals surface area contributed by atoms with Crippen molar-refractivity contribution < 1.29 is 17.9 Å². The number of anilines is 1. The number of pyridine rings is 1. The largest absolute Gasteiger partial charge is 0.493 e. The maximum atomic E-state index is 13.9. The van der Waals surface area contributed by atoms with Crippen molar-refractivity contribution in [3.05, 3.63) is 67.4 Å². The Hall–Kier alpha value is -4.33. The number of fused-ring (bicyclic) bond motifs is 1. The summed E-state index contributed by atoms with van der Waals surface area (Å²) in [4.78, 5) is 19.1. The molecule has 0 atom stereocenters. The molecule has 2 aliphatic rings. The maximum absolute atomic E-state index is 13.9. The monoisotopic (exact) mass is 628 g/mol. The molecule has 7 rings (SSSR count). The quantitative estimate of drug-likeness (QED) is 0.248. The molecule has 1 aromatic carbocycles. The van der Waals surface area contributed by atoms with Crippen LogP contribution in [0.25, 0.3) is 33.5 Å². The van der Waals surface area contributed by atoms with Gasteiger partial charge < -0.3 is 19.3 Å². The van der Waals surface area contributed by atoms with E-state index < -0.39 is 10.0 Å². The molecule has 4 aromatic heterocycles. The molecule has 0 amide bonds. The Labute approximate surface area is 262 Å². The van der Waals surface area contributed by atoms with E-state index >= 15 is 0 Å². The van der Waals surface area contributed by atoms with Gasteiger partial charge in [-0.3, -0.25) is 4.68 Å². The summed E-state index contributed by atoms with van der Waals surface area (Å²) in [6.07, 6.45) is 10.8. The number of morpholine rings is 1. The number of ether oxygens (including phenoxy) is 2. The Morgan fingerprint density at radius 1 is 0.956 bits per heavy atom. The molecule has 2 aliphatic heterocycles. The van der Waals surface area contributed by atoms with Gasteiger partial charge in [0.05, 0.1) is 49.3 Å². The van der Waals surface area contributed by atoms with Gasteiger partial charge in [-0.2, -0.15) is 5.10 Å². The van der Waals surface area contributed by atoms with Crippen LogP contribution in [0.4, 0.5) is 5.82 Å². The number of hydrogen-bond acceptors (Lipinski definition) is 10. The fourth-order valence-electron chi connectivity index (χ4n) is 6.12. The molecule has 5 aromatic rings. The van der Waals surface area contributed by atoms with Gasteiger partial charge in [-0.05, 0) is 37.6 Å². The Balaban J connectivity index is 1.32. The lowest BCUT2D eigenvalue weighted by Gasteiger charge is -2.31. The summed E-state index contributed by atoms with van der Waals surface area (Å²) in [6.45, 7) is 8.02. The molecule has 0 bridgehead atoms. The van der Waals surface area contributed by atoms with Gasteiger partial charge in [-0.15, -0.1) is 0 Å². The average Bonchev–Trinajstić information content (AvgIpc) is 3.74. The van der Waals surface area contributed by atoms with E-state index in [-0.39, 0.29) is 16.6 Å². The number of aromatic nitrogens is 6. The highest BCUT2D eigenvalue weighted by Gasteiger charge is 2.26. The third-order valence-electron chi connectivity index (χ3n) is 8.71. The van der Waals surface area contributed by atoms with Crippen molar-refractivity contribution in [2.45, 2.75) is 30.7 Å². The highest BCUT2D eigenvalue weighted by atomic mass is 32.2. The molecule has 0 radical (unpaired) electrons. The molecule has 13 heteroatoms. The summed E-state index contributed by atoms with van der Waals surface area (Å²) in [5.41, 5.74) is 3.39. The standard InChI is InChI=1S/C32H36N8O4S/c1-3-37-11-9-25(10-12-37)39-21-24(19-35-39)27-22-40(45(41,42)26-7-5-4-6-8-26)32-30(27)36-28(20-34-32)23-17-29(43-2)31(33-18-23)38-13-15-44-16-14-38/h4-8,17-22,25H,3,9-16H2,1-2H3. The van der Waals surface area contributed by atoms with E-state index in [1.165, 1.54) is 3.97 Å². The van der Waals surface area contributed by atoms with Crippen LogP contribution in [0.2, 0.25) is 0 Å². The molecule has 0 aliphatic carbocycles. The highest BCUT2D eigenvalue weighted by Crippen LogP contribution is 2.35. The summed E-state index contributed by atoms with van der Waals surface area (Å²) < 4.78 is 42.2. The van der Waals surface area contributed by atoms with Gasteiger partial charge in [0.1, 0.15) is 5.52 Å². The lowest BCUT2D eigenvalue weighted by Crippen LogP contribution is -2.37. The zero-order chi connectivity index (χ0) is 31.0. The number of likely N-dealkylation sites (tertiary alicyclic amines) is 1. The molecular weight excluding hydrogens is 592 g/mol. The van der Waals surface area contributed by atoms with Gasteiger partial charge >= 0.3 is 0 Å². The first kappa shape index (κ1) is 29.4. The lowest BCUT2D eigenvalue weighted by atomic mass is 10.1. The van der Waals surface area contributed by atoms with E-state index in [4.69, 9.17) is 24.5 Å². The van der Waals surface area contributed by atoms with Gasteiger partial charge in [-0.1, -0.05) is 25.1 Å². The van der Waals surface area contributed by atoms with Crippen molar-refractivity contribution in [3.8, 4) is 28.1 Å². The first-order valence-electron chi connectivity index (χ1n) is 15.3. The number of benzene rings is 1. The minimum absolute atomic E-state index is 0.172. The smallest absolute Gasteiger partial charge is 0.269 e. The van der Waals surface area contributed by atoms with E-state index in [2.05, 4.69) is 21.7 Å². The minimum atomic E-state index is -3.95. The SMILES string of the molecule is CCN1CCC(n2cc(-c3cn(S(=O)(=O)c4ccccc4)c4ncc(-c5cnc(N6CCOCC6)c(OC)c5)nc34)cn2)CC1. The zero-order valence-electron chi connectivity index (χ0n) is 25.4. The first-order valence-corrected chi connectivity index (χ1v) is 16.7. The van der Waals surface area contributed by atoms with E-state index in [0.29, 0.717) is 41.3 Å². The third kappa shape index (κ3) is 5.55. The van der Waals surface area contributed by atoms with Crippen molar-refractivity contribution in [3.63, 3.8) is 0 Å². The molecule has 0 spiro atoms. The van der Waals surface area contributed by atoms with Crippen LogP contribution in [0.5, 0.6) is 5.75 Å². The van der Waals surface area contributed by atoms with Crippen LogP contribution in [0.1, 0.15) is 25.8 Å². The van der Waals surface area contributed by atoms with Crippen molar-refractivity contribution >= 4 is 27.0 Å². The number of methoxy groups -OCH3 is 1. The topological polar surface area (TPSA) is 121 Å².